The molecule has 0 unspecified atom stereocenters. The van der Waals surface area contributed by atoms with Crippen LogP contribution in [0.4, 0.5) is 0 Å². The van der Waals surface area contributed by atoms with Crippen molar-refractivity contribution in [2.75, 3.05) is 0 Å². The van der Waals surface area contributed by atoms with E-state index in [1.807, 2.05) is 24.3 Å². The lowest BCUT2D eigenvalue weighted by atomic mass is 10.1. The smallest absolute Gasteiger partial charge is 0.0963 e. The van der Waals surface area contributed by atoms with Gasteiger partial charge in [0.15, 0.2) is 0 Å². The summed E-state index contributed by atoms with van der Waals surface area (Å²) in [6, 6.07) is 16.5. The minimum Gasteiger partial charge on any atom is -0.512 e. The number of aliphatic hydroxyl groups is 1. The van der Waals surface area contributed by atoms with E-state index >= 15 is 0 Å². The Labute approximate surface area is 107 Å². The van der Waals surface area contributed by atoms with E-state index in [4.69, 9.17) is 0 Å². The van der Waals surface area contributed by atoms with Crippen molar-refractivity contribution in [2.45, 2.75) is 20.8 Å². The van der Waals surface area contributed by atoms with Crippen molar-refractivity contribution in [2.24, 2.45) is 0 Å². The molecule has 0 fully saturated rings. The van der Waals surface area contributed by atoms with Gasteiger partial charge in [-0.15, -0.1) is 0 Å². The fraction of sp³-hybridized carbons (Fsp3) is 0.176. The predicted octanol–water partition coefficient (Wildman–Crippen LogP) is 2.85. The topological polar surface area (TPSA) is 20.2 Å². The van der Waals surface area contributed by atoms with Crippen LogP contribution in [0.25, 0.3) is 11.3 Å². The Hall–Kier alpha value is -2.02. The van der Waals surface area contributed by atoms with Crippen LogP contribution in [0.15, 0.2) is 48.5 Å². The first kappa shape index (κ1) is 12.4. The van der Waals surface area contributed by atoms with Gasteiger partial charge in [-0.25, -0.2) is 0 Å². The normalized spacial score (nSPS) is 10.2. The molecule has 0 saturated carbocycles. The molecule has 0 bridgehead atoms. The lowest BCUT2D eigenvalue weighted by Gasteiger charge is -1.93. The summed E-state index contributed by atoms with van der Waals surface area (Å²) in [4.78, 5) is 0. The molecule has 18 heavy (non-hydrogen) atoms. The Morgan fingerprint density at radius 2 is 1.06 bits per heavy atom. The first-order chi connectivity index (χ1) is 8.58. The summed E-state index contributed by atoms with van der Waals surface area (Å²) in [7, 11) is 0. The van der Waals surface area contributed by atoms with Crippen LogP contribution < -0.4 is 10.4 Å². The fourth-order valence-corrected chi connectivity index (χ4v) is 1.90. The van der Waals surface area contributed by atoms with Crippen LogP contribution in [0.3, 0.4) is 0 Å². The van der Waals surface area contributed by atoms with Crippen LogP contribution in [0.1, 0.15) is 20.8 Å². The quantitative estimate of drug-likeness (QED) is 0.748. The lowest BCUT2D eigenvalue weighted by Crippen LogP contribution is -2.02. The van der Waals surface area contributed by atoms with E-state index in [1.165, 1.54) is 21.2 Å². The van der Waals surface area contributed by atoms with Gasteiger partial charge < -0.3 is 5.11 Å². The fourth-order valence-electron chi connectivity index (χ4n) is 1.90. The van der Waals surface area contributed by atoms with Gasteiger partial charge in [-0.1, -0.05) is 54.1 Å². The van der Waals surface area contributed by atoms with Crippen LogP contribution in [0.5, 0.6) is 0 Å². The molecular weight excluding hydrogens is 220 g/mol. The Balaban J connectivity index is 2.69. The first-order valence-electron chi connectivity index (χ1n) is 6.12. The maximum atomic E-state index is 9.40. The van der Waals surface area contributed by atoms with E-state index in [1.54, 1.807) is 6.92 Å². The monoisotopic (exact) mass is 238 g/mol. The first-order valence-corrected chi connectivity index (χ1v) is 6.12. The highest BCUT2D eigenvalue weighted by Crippen LogP contribution is 1.95. The van der Waals surface area contributed by atoms with Gasteiger partial charge in [0.05, 0.1) is 5.76 Å². The maximum Gasteiger partial charge on any atom is 0.0963 e. The van der Waals surface area contributed by atoms with Crippen molar-refractivity contribution >= 4 is 11.3 Å². The lowest BCUT2D eigenvalue weighted by molar-refractivity contribution is 0.499. The van der Waals surface area contributed by atoms with Crippen LogP contribution in [0.2, 0.25) is 0 Å². The third-order valence-corrected chi connectivity index (χ3v) is 3.10. The van der Waals surface area contributed by atoms with E-state index < -0.39 is 0 Å². The molecule has 0 aliphatic heterocycles. The Kier molecular flexibility index (Phi) is 3.52. The largest absolute Gasteiger partial charge is 0.512 e. The van der Waals surface area contributed by atoms with Crippen molar-refractivity contribution in [3.8, 4) is 0 Å². The highest BCUT2D eigenvalue weighted by molar-refractivity contribution is 5.38. The van der Waals surface area contributed by atoms with Gasteiger partial charge in [-0.05, 0) is 36.4 Å². The van der Waals surface area contributed by atoms with Crippen molar-refractivity contribution < 1.29 is 5.11 Å². The van der Waals surface area contributed by atoms with Crippen molar-refractivity contribution in [1.82, 2.24) is 0 Å². The van der Waals surface area contributed by atoms with E-state index in [2.05, 4.69) is 38.1 Å². The predicted molar refractivity (Wildman–Crippen MR) is 76.3 cm³/mol. The van der Waals surface area contributed by atoms with Crippen molar-refractivity contribution in [3.63, 3.8) is 0 Å². The highest BCUT2D eigenvalue weighted by Gasteiger charge is 1.87. The molecule has 92 valence electrons. The molecule has 0 atom stereocenters. The van der Waals surface area contributed by atoms with Crippen LogP contribution in [0, 0.1) is 10.4 Å². The van der Waals surface area contributed by atoms with E-state index in [0.717, 1.165) is 5.22 Å². The molecule has 0 aliphatic carbocycles. The Morgan fingerprint density at radius 3 is 1.39 bits per heavy atom. The van der Waals surface area contributed by atoms with Gasteiger partial charge in [-0.2, -0.15) is 0 Å². The molecule has 2 aromatic rings. The van der Waals surface area contributed by atoms with Gasteiger partial charge >= 0.3 is 0 Å². The minimum absolute atomic E-state index is 0.355. The number of hydrogen-bond acceptors (Lipinski definition) is 1. The van der Waals surface area contributed by atoms with Gasteiger partial charge in [0.1, 0.15) is 0 Å². The second-order valence-corrected chi connectivity index (χ2v) is 4.74. The Bertz CT molecular complexity index is 648. The molecule has 0 amide bonds. The number of aliphatic hydroxyl groups excluding tert-OH is 1. The summed E-state index contributed by atoms with van der Waals surface area (Å²) in [6.07, 6.45) is 0. The highest BCUT2D eigenvalue weighted by atomic mass is 16.3. The molecule has 2 rings (SSSR count). The molecule has 0 saturated heterocycles. The van der Waals surface area contributed by atoms with Crippen LogP contribution in [-0.2, 0) is 0 Å². The number of benzene rings is 2. The summed E-state index contributed by atoms with van der Waals surface area (Å²) in [6.45, 7) is 5.93. The van der Waals surface area contributed by atoms with Crippen molar-refractivity contribution in [3.05, 3.63) is 69.4 Å². The SMILES string of the molecule is CC(C)=c1ccc(=c2ccc(=C(C)O)cc2)cc1. The summed E-state index contributed by atoms with van der Waals surface area (Å²) in [5.41, 5.74) is 1.32. The summed E-state index contributed by atoms with van der Waals surface area (Å²) in [5, 5.41) is 13.9. The Morgan fingerprint density at radius 1 is 0.667 bits per heavy atom. The molecule has 0 aliphatic rings. The zero-order chi connectivity index (χ0) is 13.1. The van der Waals surface area contributed by atoms with Gasteiger partial charge in [0.2, 0.25) is 0 Å². The molecule has 0 radical (unpaired) electrons. The molecule has 0 aromatic heterocycles. The zero-order valence-corrected chi connectivity index (χ0v) is 11.1. The van der Waals surface area contributed by atoms with Crippen molar-refractivity contribution in [1.29, 1.82) is 0 Å². The standard InChI is InChI=1S/C17H18O/c1-12(2)14-4-8-16(9-5-14)17-10-6-15(7-11-17)13(3)18/h4-11,18H,1-3H3. The third kappa shape index (κ3) is 2.62. The second kappa shape index (κ2) is 5.09. The van der Waals surface area contributed by atoms with E-state index in [-0.39, 0.29) is 0 Å². The van der Waals surface area contributed by atoms with Gasteiger partial charge in [0, 0.05) is 5.22 Å². The maximum absolute atomic E-state index is 9.40. The van der Waals surface area contributed by atoms with E-state index in [9.17, 15) is 5.11 Å². The second-order valence-electron chi connectivity index (χ2n) is 4.74. The van der Waals surface area contributed by atoms with Gasteiger partial charge in [0.25, 0.3) is 0 Å². The molecule has 0 spiro atoms. The molecule has 1 N–H and O–H groups in total. The molecular formula is C17H18O. The van der Waals surface area contributed by atoms with Gasteiger partial charge in [-0.3, -0.25) is 0 Å². The van der Waals surface area contributed by atoms with Crippen LogP contribution >= 0.6 is 0 Å². The zero-order valence-electron chi connectivity index (χ0n) is 11.1. The minimum atomic E-state index is 0.355. The van der Waals surface area contributed by atoms with E-state index in [0.29, 0.717) is 5.76 Å². The molecule has 1 nitrogen and oxygen atoms in total. The third-order valence-electron chi connectivity index (χ3n) is 3.10. The summed E-state index contributed by atoms with van der Waals surface area (Å²) < 4.78 is 0. The average molecular weight is 238 g/mol. The molecule has 1 heteroatoms. The summed E-state index contributed by atoms with van der Waals surface area (Å²) >= 11 is 0. The van der Waals surface area contributed by atoms with Crippen LogP contribution in [-0.4, -0.2) is 5.11 Å². The number of hydrogen-bond donors (Lipinski definition) is 1. The average Bonchev–Trinajstić information content (AvgIpc) is 2.39. The summed E-state index contributed by atoms with van der Waals surface area (Å²) in [5.74, 6) is 0.355. The molecule has 0 heterocycles. The number of rotatable bonds is 0. The molecule has 2 aromatic carbocycles.